The highest BCUT2D eigenvalue weighted by Crippen LogP contribution is 2.39. The van der Waals surface area contributed by atoms with Gasteiger partial charge in [-0.15, -0.1) is 23.7 Å². The first-order chi connectivity index (χ1) is 17.1. The number of nitrogens with zero attached hydrogens (tertiary/aromatic N) is 2. The molecule has 0 saturated carbocycles. The van der Waals surface area contributed by atoms with E-state index in [-0.39, 0.29) is 30.0 Å². The Bertz CT molecular complexity index is 1360. The predicted octanol–water partition coefficient (Wildman–Crippen LogP) is 9.40. The Hall–Kier alpha value is -2.99. The van der Waals surface area contributed by atoms with Gasteiger partial charge in [0, 0.05) is 51.0 Å². The third-order valence-corrected chi connectivity index (χ3v) is 7.37. The number of hydrogen-bond donors (Lipinski definition) is 0. The molecule has 0 amide bonds. The molecule has 36 heavy (non-hydrogen) atoms. The van der Waals surface area contributed by atoms with Gasteiger partial charge in [-0.1, -0.05) is 35.9 Å². The average molecular weight is 541 g/mol. The molecule has 0 unspecified atom stereocenters. The maximum atomic E-state index is 13.6. The molecule has 0 fully saturated rings. The molecule has 7 heteroatoms. The Morgan fingerprint density at radius 3 is 2.06 bits per heavy atom. The maximum Gasteiger partial charge on any atom is 0.123 e. The van der Waals surface area contributed by atoms with Gasteiger partial charge in [-0.3, -0.25) is 4.98 Å². The lowest BCUT2D eigenvalue weighted by Crippen LogP contribution is -2.19. The topological polar surface area (TPSA) is 16.1 Å². The second kappa shape index (κ2) is 11.8. The summed E-state index contributed by atoms with van der Waals surface area (Å²) in [5.41, 5.74) is 4.23. The third kappa shape index (κ3) is 5.86. The number of hydrogen-bond acceptors (Lipinski definition) is 3. The molecule has 0 bridgehead atoms. The summed E-state index contributed by atoms with van der Waals surface area (Å²) in [6.07, 6.45) is 5.29. The van der Waals surface area contributed by atoms with Gasteiger partial charge in [0.1, 0.15) is 11.6 Å². The van der Waals surface area contributed by atoms with Crippen molar-refractivity contribution in [2.75, 3.05) is 11.4 Å². The van der Waals surface area contributed by atoms with E-state index in [4.69, 9.17) is 11.6 Å². The van der Waals surface area contributed by atoms with Crippen LogP contribution >= 0.6 is 35.3 Å². The summed E-state index contributed by atoms with van der Waals surface area (Å²) < 4.78 is 28.3. The van der Waals surface area contributed by atoms with E-state index >= 15 is 0 Å². The van der Waals surface area contributed by atoms with Gasteiger partial charge in [0.15, 0.2) is 0 Å². The van der Waals surface area contributed by atoms with Crippen LogP contribution in [0.4, 0.5) is 20.2 Å². The first kappa shape index (κ1) is 26.1. The molecule has 0 aliphatic rings. The van der Waals surface area contributed by atoms with Crippen molar-refractivity contribution in [3.63, 3.8) is 0 Å². The van der Waals surface area contributed by atoms with E-state index in [2.05, 4.69) is 21.3 Å². The van der Waals surface area contributed by atoms with Gasteiger partial charge in [0.25, 0.3) is 0 Å². The van der Waals surface area contributed by atoms with Crippen LogP contribution in [0.2, 0.25) is 5.02 Å². The van der Waals surface area contributed by atoms with Gasteiger partial charge in [0.05, 0.1) is 5.69 Å². The molecular weight excluding hydrogens is 517 g/mol. The highest BCUT2D eigenvalue weighted by Gasteiger charge is 2.18. The van der Waals surface area contributed by atoms with Crippen LogP contribution in [0.15, 0.2) is 96.6 Å². The average Bonchev–Trinajstić information content (AvgIpc) is 3.29. The minimum Gasteiger partial charge on any atom is -0.340 e. The molecule has 0 N–H and O–H groups in total. The van der Waals surface area contributed by atoms with Crippen LogP contribution in [-0.4, -0.2) is 11.5 Å². The van der Waals surface area contributed by atoms with Crippen molar-refractivity contribution in [1.82, 2.24) is 4.98 Å². The number of aromatic nitrogens is 1. The van der Waals surface area contributed by atoms with E-state index in [1.165, 1.54) is 24.3 Å². The zero-order valence-electron chi connectivity index (χ0n) is 19.3. The number of pyridine rings is 1. The Balaban J connectivity index is 0.00000304. The summed E-state index contributed by atoms with van der Waals surface area (Å²) >= 11 is 7.89. The van der Waals surface area contributed by atoms with Crippen LogP contribution in [0.25, 0.3) is 10.1 Å². The van der Waals surface area contributed by atoms with Gasteiger partial charge in [-0.05, 0) is 78.6 Å². The molecule has 184 valence electrons. The lowest BCUT2D eigenvalue weighted by atomic mass is 9.87. The molecule has 0 spiro atoms. The Morgan fingerprint density at radius 1 is 0.833 bits per heavy atom. The molecule has 0 saturated heterocycles. The molecule has 5 rings (SSSR count). The number of thiophene rings is 1. The van der Waals surface area contributed by atoms with Crippen molar-refractivity contribution in [2.45, 2.75) is 18.8 Å². The van der Waals surface area contributed by atoms with E-state index < -0.39 is 0 Å². The van der Waals surface area contributed by atoms with Crippen molar-refractivity contribution < 1.29 is 8.78 Å². The minimum absolute atomic E-state index is 0. The third-order valence-electron chi connectivity index (χ3n) is 6.20. The summed E-state index contributed by atoms with van der Waals surface area (Å²) in [4.78, 5) is 6.49. The fourth-order valence-corrected chi connectivity index (χ4v) is 5.70. The summed E-state index contributed by atoms with van der Waals surface area (Å²) in [6.45, 7) is 0.775. The van der Waals surface area contributed by atoms with E-state index in [1.807, 2.05) is 48.5 Å². The highest BCUT2D eigenvalue weighted by atomic mass is 35.5. The van der Waals surface area contributed by atoms with E-state index in [1.54, 1.807) is 23.7 Å². The molecular formula is C29H24Cl2F2N2S. The van der Waals surface area contributed by atoms with E-state index in [0.717, 1.165) is 57.0 Å². The lowest BCUT2D eigenvalue weighted by molar-refractivity contribution is 0.618. The van der Waals surface area contributed by atoms with Crippen molar-refractivity contribution in [2.24, 2.45) is 0 Å². The van der Waals surface area contributed by atoms with Gasteiger partial charge in [-0.25, -0.2) is 8.78 Å². The molecule has 0 atom stereocenters. The van der Waals surface area contributed by atoms with Crippen LogP contribution in [0, 0.1) is 11.6 Å². The zero-order chi connectivity index (χ0) is 24.2. The number of rotatable bonds is 8. The minimum atomic E-state index is -0.264. The maximum absolute atomic E-state index is 13.6. The first-order valence-corrected chi connectivity index (χ1v) is 12.7. The van der Waals surface area contributed by atoms with Crippen LogP contribution in [0.3, 0.4) is 0 Å². The number of halogens is 4. The van der Waals surface area contributed by atoms with E-state index in [0.29, 0.717) is 0 Å². The SMILES string of the molecule is Cl.Fc1ccc(C(CCCN(c2ccncc2)c2csc3cc(Cl)ccc23)c2ccc(F)cc2)cc1. The van der Waals surface area contributed by atoms with Gasteiger partial charge in [-0.2, -0.15) is 0 Å². The fraction of sp³-hybridized carbons (Fsp3) is 0.138. The molecule has 5 aromatic rings. The second-order valence-corrected chi connectivity index (χ2v) is 9.76. The molecule has 0 radical (unpaired) electrons. The molecule has 2 aromatic heterocycles. The molecule has 0 aliphatic heterocycles. The Kier molecular flexibility index (Phi) is 8.57. The van der Waals surface area contributed by atoms with Crippen LogP contribution in [-0.2, 0) is 0 Å². The van der Waals surface area contributed by atoms with Crippen LogP contribution in [0.5, 0.6) is 0 Å². The number of benzene rings is 3. The summed E-state index contributed by atoms with van der Waals surface area (Å²) in [5.74, 6) is -0.492. The summed E-state index contributed by atoms with van der Waals surface area (Å²) in [5, 5.41) is 4.05. The van der Waals surface area contributed by atoms with Crippen molar-refractivity contribution in [3.05, 3.63) is 124 Å². The molecule has 0 aliphatic carbocycles. The smallest absolute Gasteiger partial charge is 0.123 e. The van der Waals surface area contributed by atoms with Crippen LogP contribution in [0.1, 0.15) is 29.9 Å². The molecule has 3 aromatic carbocycles. The van der Waals surface area contributed by atoms with Gasteiger partial charge >= 0.3 is 0 Å². The Morgan fingerprint density at radius 2 is 1.44 bits per heavy atom. The van der Waals surface area contributed by atoms with Crippen molar-refractivity contribution >= 4 is 56.8 Å². The molecule has 2 heterocycles. The quantitative estimate of drug-likeness (QED) is 0.195. The molecule has 2 nitrogen and oxygen atoms in total. The van der Waals surface area contributed by atoms with Gasteiger partial charge < -0.3 is 4.90 Å². The largest absolute Gasteiger partial charge is 0.340 e. The first-order valence-electron chi connectivity index (χ1n) is 11.4. The summed E-state index contributed by atoms with van der Waals surface area (Å²) in [7, 11) is 0. The zero-order valence-corrected chi connectivity index (χ0v) is 21.7. The fourth-order valence-electron chi connectivity index (χ4n) is 4.48. The lowest BCUT2D eigenvalue weighted by Gasteiger charge is -2.26. The highest BCUT2D eigenvalue weighted by molar-refractivity contribution is 7.17. The Labute approximate surface area is 224 Å². The second-order valence-electron chi connectivity index (χ2n) is 8.42. The van der Waals surface area contributed by atoms with Crippen molar-refractivity contribution in [1.29, 1.82) is 0 Å². The van der Waals surface area contributed by atoms with E-state index in [9.17, 15) is 8.78 Å². The standard InChI is InChI=1S/C29H23ClF2N2S.ClH/c30-22-7-12-27-28(19-35-29(27)18-22)34(25-13-15-33-16-14-25)17-1-2-26(20-3-8-23(31)9-4-20)21-5-10-24(32)11-6-21;/h3-16,18-19,26H,1-2,17H2;1H. The monoisotopic (exact) mass is 540 g/mol. The number of anilines is 2. The van der Waals surface area contributed by atoms with Crippen molar-refractivity contribution in [3.8, 4) is 0 Å². The normalized spacial score (nSPS) is 11.0. The number of fused-ring (bicyclic) bond motifs is 1. The summed E-state index contributed by atoms with van der Waals surface area (Å²) in [6, 6.07) is 23.2. The van der Waals surface area contributed by atoms with Crippen LogP contribution < -0.4 is 4.90 Å². The predicted molar refractivity (Wildman–Crippen MR) is 149 cm³/mol. The van der Waals surface area contributed by atoms with Gasteiger partial charge in [0.2, 0.25) is 0 Å².